The molecular formula is C50H93NO5. The first-order valence-electron chi connectivity index (χ1n) is 24.3. The summed E-state index contributed by atoms with van der Waals surface area (Å²) in [7, 11) is 0. The van der Waals surface area contributed by atoms with Crippen molar-refractivity contribution < 1.29 is 24.5 Å². The Balaban J connectivity index is 3.50. The number of ether oxygens (including phenoxy) is 1. The lowest BCUT2D eigenvalue weighted by Gasteiger charge is -2.20. The van der Waals surface area contributed by atoms with Gasteiger partial charge in [0.05, 0.1) is 25.4 Å². The molecule has 0 rings (SSSR count). The van der Waals surface area contributed by atoms with Gasteiger partial charge in [-0.1, -0.05) is 211 Å². The number of esters is 1. The second kappa shape index (κ2) is 45.8. The molecule has 0 aliphatic rings. The first kappa shape index (κ1) is 54.1. The van der Waals surface area contributed by atoms with Crippen molar-refractivity contribution in [2.75, 3.05) is 13.2 Å². The van der Waals surface area contributed by atoms with Crippen LogP contribution in [0.3, 0.4) is 0 Å². The molecule has 2 unspecified atom stereocenters. The zero-order chi connectivity index (χ0) is 40.8. The van der Waals surface area contributed by atoms with Crippen LogP contribution in [0.25, 0.3) is 0 Å². The largest absolute Gasteiger partial charge is 0.466 e. The Hall–Kier alpha value is -1.92. The fourth-order valence-electron chi connectivity index (χ4n) is 7.12. The molecule has 0 aliphatic heterocycles. The van der Waals surface area contributed by atoms with Crippen molar-refractivity contribution in [1.82, 2.24) is 5.32 Å². The molecule has 0 bridgehead atoms. The van der Waals surface area contributed by atoms with Crippen LogP contribution < -0.4 is 5.32 Å². The lowest BCUT2D eigenvalue weighted by atomic mass is 10.0. The standard InChI is InChI=1S/C50H93NO5/c1-3-5-7-9-11-13-15-17-20-24-28-32-36-40-44-50(55)56-45-41-37-33-29-25-21-18-19-23-27-31-35-39-43-49(54)51-47(46-52)48(53)42-38-34-30-26-22-16-14-12-10-8-6-4-2/h9,11,15,17,38,42,47-48,52-53H,3-8,10,12-14,16,18-37,39-41,43-46H2,1-2H3,(H,51,54)/b11-9-,17-15-,42-38+. The van der Waals surface area contributed by atoms with Gasteiger partial charge in [-0.05, 0) is 57.8 Å². The maximum atomic E-state index is 12.4. The van der Waals surface area contributed by atoms with Gasteiger partial charge < -0.3 is 20.3 Å². The number of allylic oxidation sites excluding steroid dienone is 5. The third kappa shape index (κ3) is 41.7. The zero-order valence-electron chi connectivity index (χ0n) is 37.1. The number of nitrogens with one attached hydrogen (secondary N) is 1. The Morgan fingerprint density at radius 2 is 0.911 bits per heavy atom. The minimum atomic E-state index is -0.852. The summed E-state index contributed by atoms with van der Waals surface area (Å²) in [6, 6.07) is -0.637. The lowest BCUT2D eigenvalue weighted by Crippen LogP contribution is -2.45. The summed E-state index contributed by atoms with van der Waals surface area (Å²) in [5, 5.41) is 23.0. The number of hydrogen-bond donors (Lipinski definition) is 3. The second-order valence-electron chi connectivity index (χ2n) is 16.4. The predicted molar refractivity (Wildman–Crippen MR) is 241 cm³/mol. The molecule has 0 aromatic heterocycles. The van der Waals surface area contributed by atoms with Crippen LogP contribution in [0.1, 0.15) is 245 Å². The predicted octanol–water partition coefficient (Wildman–Crippen LogP) is 14.1. The van der Waals surface area contributed by atoms with Crippen molar-refractivity contribution in [3.8, 4) is 0 Å². The van der Waals surface area contributed by atoms with Gasteiger partial charge in [0.2, 0.25) is 5.91 Å². The van der Waals surface area contributed by atoms with Crippen molar-refractivity contribution in [3.63, 3.8) is 0 Å². The zero-order valence-corrected chi connectivity index (χ0v) is 37.1. The number of rotatable bonds is 44. The molecule has 56 heavy (non-hydrogen) atoms. The minimum absolute atomic E-state index is 0.0224. The number of aliphatic hydroxyl groups is 2. The Kier molecular flexibility index (Phi) is 44.2. The van der Waals surface area contributed by atoms with Crippen LogP contribution in [0.4, 0.5) is 0 Å². The van der Waals surface area contributed by atoms with E-state index < -0.39 is 12.1 Å². The van der Waals surface area contributed by atoms with Crippen molar-refractivity contribution >= 4 is 11.9 Å². The fraction of sp³-hybridized carbons (Fsp3) is 0.840. The van der Waals surface area contributed by atoms with E-state index in [2.05, 4.69) is 43.5 Å². The van der Waals surface area contributed by atoms with Crippen LogP contribution in [0.15, 0.2) is 36.5 Å². The Morgan fingerprint density at radius 1 is 0.500 bits per heavy atom. The molecule has 0 saturated carbocycles. The summed E-state index contributed by atoms with van der Waals surface area (Å²) in [5.41, 5.74) is 0. The summed E-state index contributed by atoms with van der Waals surface area (Å²) in [4.78, 5) is 24.4. The Bertz CT molecular complexity index is 915. The van der Waals surface area contributed by atoms with E-state index in [1.165, 1.54) is 148 Å². The maximum Gasteiger partial charge on any atom is 0.305 e. The van der Waals surface area contributed by atoms with E-state index in [-0.39, 0.29) is 18.5 Å². The lowest BCUT2D eigenvalue weighted by molar-refractivity contribution is -0.143. The molecule has 3 N–H and O–H groups in total. The van der Waals surface area contributed by atoms with Gasteiger partial charge in [-0.2, -0.15) is 0 Å². The quantitative estimate of drug-likeness (QED) is 0.0325. The number of carbonyl (C=O) groups is 2. The summed E-state index contributed by atoms with van der Waals surface area (Å²) >= 11 is 0. The van der Waals surface area contributed by atoms with Gasteiger partial charge >= 0.3 is 5.97 Å². The van der Waals surface area contributed by atoms with Crippen molar-refractivity contribution in [3.05, 3.63) is 36.5 Å². The molecule has 0 spiro atoms. The summed E-state index contributed by atoms with van der Waals surface area (Å²) in [6.07, 6.45) is 54.1. The summed E-state index contributed by atoms with van der Waals surface area (Å²) in [6.45, 7) is 4.81. The maximum absolute atomic E-state index is 12.4. The molecule has 0 saturated heterocycles. The number of carbonyl (C=O) groups excluding carboxylic acids is 2. The van der Waals surface area contributed by atoms with E-state index in [1.54, 1.807) is 6.08 Å². The summed E-state index contributed by atoms with van der Waals surface area (Å²) < 4.78 is 5.44. The topological polar surface area (TPSA) is 95.9 Å². The van der Waals surface area contributed by atoms with Crippen LogP contribution in [-0.2, 0) is 14.3 Å². The van der Waals surface area contributed by atoms with E-state index >= 15 is 0 Å². The highest BCUT2D eigenvalue weighted by atomic mass is 16.5. The van der Waals surface area contributed by atoms with Crippen molar-refractivity contribution in [2.24, 2.45) is 0 Å². The van der Waals surface area contributed by atoms with Crippen LogP contribution in [0.5, 0.6) is 0 Å². The molecule has 0 aromatic rings. The fourth-order valence-corrected chi connectivity index (χ4v) is 7.12. The average molecular weight is 788 g/mol. The number of unbranched alkanes of at least 4 members (excludes halogenated alkanes) is 29. The van der Waals surface area contributed by atoms with Crippen molar-refractivity contribution in [2.45, 2.75) is 257 Å². The van der Waals surface area contributed by atoms with Gasteiger partial charge in [0.25, 0.3) is 0 Å². The Labute approximate surface area is 347 Å². The molecule has 0 aromatic carbocycles. The molecule has 2 atom stereocenters. The summed E-state index contributed by atoms with van der Waals surface area (Å²) in [5.74, 6) is -0.106. The molecule has 328 valence electrons. The SMILES string of the molecule is CCCC/C=C\C/C=C\CCCCCCCC(=O)OCCCCCCCCCCCCCCCC(=O)NC(CO)C(O)/C=C/CCCCCCCCCCCC. The smallest absolute Gasteiger partial charge is 0.305 e. The van der Waals surface area contributed by atoms with Crippen LogP contribution in [-0.4, -0.2) is 47.4 Å². The number of aliphatic hydroxyl groups excluding tert-OH is 2. The van der Waals surface area contributed by atoms with E-state index in [1.807, 2.05) is 6.08 Å². The molecule has 6 heteroatoms. The highest BCUT2D eigenvalue weighted by Crippen LogP contribution is 2.15. The highest BCUT2D eigenvalue weighted by Gasteiger charge is 2.18. The first-order chi connectivity index (χ1) is 27.5. The molecular weight excluding hydrogens is 695 g/mol. The second-order valence-corrected chi connectivity index (χ2v) is 16.4. The van der Waals surface area contributed by atoms with E-state index in [4.69, 9.17) is 4.74 Å². The normalized spacial score (nSPS) is 13.0. The minimum Gasteiger partial charge on any atom is -0.466 e. The van der Waals surface area contributed by atoms with Gasteiger partial charge in [0.1, 0.15) is 0 Å². The van der Waals surface area contributed by atoms with E-state index in [0.29, 0.717) is 19.4 Å². The van der Waals surface area contributed by atoms with Crippen molar-refractivity contribution in [1.29, 1.82) is 0 Å². The molecule has 0 radical (unpaired) electrons. The van der Waals surface area contributed by atoms with Gasteiger partial charge in [0.15, 0.2) is 0 Å². The van der Waals surface area contributed by atoms with Gasteiger partial charge in [0, 0.05) is 12.8 Å². The molecule has 0 aliphatic carbocycles. The molecule has 0 heterocycles. The van der Waals surface area contributed by atoms with Gasteiger partial charge in [-0.15, -0.1) is 0 Å². The Morgan fingerprint density at radius 3 is 1.41 bits per heavy atom. The van der Waals surface area contributed by atoms with Gasteiger partial charge in [-0.3, -0.25) is 9.59 Å². The van der Waals surface area contributed by atoms with E-state index in [0.717, 1.165) is 70.6 Å². The third-order valence-corrected chi connectivity index (χ3v) is 10.9. The van der Waals surface area contributed by atoms with Gasteiger partial charge in [-0.25, -0.2) is 0 Å². The third-order valence-electron chi connectivity index (χ3n) is 10.9. The van der Waals surface area contributed by atoms with E-state index in [9.17, 15) is 19.8 Å². The number of hydrogen-bond acceptors (Lipinski definition) is 5. The monoisotopic (exact) mass is 788 g/mol. The molecule has 1 amide bonds. The molecule has 6 nitrogen and oxygen atoms in total. The number of amides is 1. The first-order valence-corrected chi connectivity index (χ1v) is 24.3. The average Bonchev–Trinajstić information content (AvgIpc) is 3.20. The van der Waals surface area contributed by atoms with Crippen LogP contribution >= 0.6 is 0 Å². The highest BCUT2D eigenvalue weighted by molar-refractivity contribution is 5.76. The van der Waals surface area contributed by atoms with Crippen LogP contribution in [0, 0.1) is 0 Å². The molecule has 0 fully saturated rings. The van der Waals surface area contributed by atoms with Crippen LogP contribution in [0.2, 0.25) is 0 Å².